The van der Waals surface area contributed by atoms with Gasteiger partial charge in [-0.05, 0) is 35.7 Å². The monoisotopic (exact) mass is 342 g/mol. The predicted molar refractivity (Wildman–Crippen MR) is 88.6 cm³/mol. The van der Waals surface area contributed by atoms with Crippen LogP contribution in [0.3, 0.4) is 0 Å². The van der Waals surface area contributed by atoms with Crippen molar-refractivity contribution < 1.29 is 18.4 Å². The summed E-state index contributed by atoms with van der Waals surface area (Å²) in [5, 5.41) is 11.4. The normalized spacial score (nSPS) is 12.7. The first kappa shape index (κ1) is 18.3. The molecule has 4 nitrogen and oxygen atoms in total. The largest absolute Gasteiger partial charge is 0.322 e. The lowest BCUT2D eigenvalue weighted by Crippen LogP contribution is -2.29. The zero-order valence-corrected chi connectivity index (χ0v) is 13.5. The molecule has 6 heteroatoms. The molecule has 0 saturated carbocycles. The molecule has 1 N–H and O–H groups in total. The number of halogens is 2. The summed E-state index contributed by atoms with van der Waals surface area (Å²) in [5.74, 6) is -4.31. The number of amides is 1. The predicted octanol–water partition coefficient (Wildman–Crippen LogP) is 3.81. The fourth-order valence-electron chi connectivity index (χ4n) is 2.37. The number of ketones is 1. The van der Waals surface area contributed by atoms with E-state index in [1.54, 1.807) is 25.1 Å². The summed E-state index contributed by atoms with van der Waals surface area (Å²) < 4.78 is 26.5. The Labute approximate surface area is 144 Å². The molecule has 0 aliphatic rings. The number of para-hydroxylation sites is 1. The topological polar surface area (TPSA) is 70.0 Å². The van der Waals surface area contributed by atoms with E-state index in [9.17, 15) is 18.4 Å². The molecule has 2 rings (SSSR count). The smallest absolute Gasteiger partial charge is 0.249 e. The van der Waals surface area contributed by atoms with Crippen molar-refractivity contribution in [1.82, 2.24) is 0 Å². The van der Waals surface area contributed by atoms with Crippen LogP contribution >= 0.6 is 0 Å². The SMILES string of the molecule is C[C@H](CC(=O)[C@@H](C#N)C(=O)Nc1ccccc1F)c1ccc(F)cc1. The van der Waals surface area contributed by atoms with Gasteiger partial charge < -0.3 is 5.32 Å². The molecule has 1 amide bonds. The number of nitrogens with one attached hydrogen (secondary N) is 1. The van der Waals surface area contributed by atoms with Gasteiger partial charge >= 0.3 is 0 Å². The van der Waals surface area contributed by atoms with E-state index in [0.29, 0.717) is 0 Å². The molecule has 2 aromatic rings. The highest BCUT2D eigenvalue weighted by molar-refractivity contribution is 6.09. The number of carbonyl (C=O) groups excluding carboxylic acids is 2. The second-order valence-electron chi connectivity index (χ2n) is 5.65. The number of Topliss-reactive ketones (excluding diaryl/α,β-unsaturated/α-hetero) is 1. The lowest BCUT2D eigenvalue weighted by molar-refractivity contribution is -0.129. The van der Waals surface area contributed by atoms with E-state index >= 15 is 0 Å². The Morgan fingerprint density at radius 2 is 1.76 bits per heavy atom. The second-order valence-corrected chi connectivity index (χ2v) is 5.65. The molecule has 0 radical (unpaired) electrons. The summed E-state index contributed by atoms with van der Waals surface area (Å²) in [4.78, 5) is 24.4. The van der Waals surface area contributed by atoms with E-state index in [0.717, 1.165) is 11.6 Å². The fraction of sp³-hybridized carbons (Fsp3) is 0.211. The van der Waals surface area contributed by atoms with Gasteiger partial charge in [0.05, 0.1) is 11.8 Å². The van der Waals surface area contributed by atoms with Crippen LogP contribution in [0.25, 0.3) is 0 Å². The van der Waals surface area contributed by atoms with Gasteiger partial charge in [-0.15, -0.1) is 0 Å². The van der Waals surface area contributed by atoms with Crippen molar-refractivity contribution in [3.8, 4) is 6.07 Å². The molecule has 0 heterocycles. The van der Waals surface area contributed by atoms with E-state index in [1.807, 2.05) is 0 Å². The van der Waals surface area contributed by atoms with Gasteiger partial charge in [0.2, 0.25) is 5.91 Å². The van der Waals surface area contributed by atoms with Gasteiger partial charge in [0.25, 0.3) is 0 Å². The van der Waals surface area contributed by atoms with Crippen LogP contribution in [0, 0.1) is 28.9 Å². The number of anilines is 1. The first-order chi connectivity index (χ1) is 11.9. The Kier molecular flexibility index (Phi) is 5.96. The van der Waals surface area contributed by atoms with Gasteiger partial charge in [0.1, 0.15) is 11.6 Å². The minimum atomic E-state index is -1.54. The maximum Gasteiger partial charge on any atom is 0.249 e. The van der Waals surface area contributed by atoms with Crippen LogP contribution in [-0.2, 0) is 9.59 Å². The molecule has 0 fully saturated rings. The van der Waals surface area contributed by atoms with Gasteiger partial charge in [0.15, 0.2) is 11.7 Å². The summed E-state index contributed by atoms with van der Waals surface area (Å²) in [6.45, 7) is 1.74. The standard InChI is InChI=1S/C19H16F2N2O2/c1-12(13-6-8-14(20)9-7-13)10-18(24)15(11-22)19(25)23-17-5-3-2-4-16(17)21/h2-9,12,15H,10H2,1H3,(H,23,25)/t12-,15-/m1/s1. The number of nitrogens with zero attached hydrogens (tertiary/aromatic N) is 1. The van der Waals surface area contributed by atoms with Crippen molar-refractivity contribution in [2.24, 2.45) is 5.92 Å². The lowest BCUT2D eigenvalue weighted by atomic mass is 9.91. The van der Waals surface area contributed by atoms with Gasteiger partial charge in [-0.25, -0.2) is 8.78 Å². The van der Waals surface area contributed by atoms with Crippen LogP contribution in [0.2, 0.25) is 0 Å². The van der Waals surface area contributed by atoms with Crippen LogP contribution in [0.5, 0.6) is 0 Å². The Bertz CT molecular complexity index is 813. The van der Waals surface area contributed by atoms with Crippen LogP contribution in [-0.4, -0.2) is 11.7 Å². The highest BCUT2D eigenvalue weighted by Gasteiger charge is 2.28. The minimum Gasteiger partial charge on any atom is -0.322 e. The van der Waals surface area contributed by atoms with Crippen molar-refractivity contribution in [3.63, 3.8) is 0 Å². The quantitative estimate of drug-likeness (QED) is 0.812. The van der Waals surface area contributed by atoms with Crippen molar-refractivity contribution >= 4 is 17.4 Å². The van der Waals surface area contributed by atoms with Crippen LogP contribution in [0.4, 0.5) is 14.5 Å². The van der Waals surface area contributed by atoms with Crippen LogP contribution < -0.4 is 5.32 Å². The summed E-state index contributed by atoms with van der Waals surface area (Å²) >= 11 is 0. The Morgan fingerprint density at radius 1 is 1.12 bits per heavy atom. The number of rotatable bonds is 6. The highest BCUT2D eigenvalue weighted by atomic mass is 19.1. The van der Waals surface area contributed by atoms with E-state index in [2.05, 4.69) is 5.32 Å². The maximum absolute atomic E-state index is 13.6. The summed E-state index contributed by atoms with van der Waals surface area (Å²) in [5.41, 5.74) is 0.632. The minimum absolute atomic E-state index is 0.0610. The molecule has 128 valence electrons. The molecule has 0 saturated heterocycles. The first-order valence-electron chi connectivity index (χ1n) is 7.65. The molecule has 25 heavy (non-hydrogen) atoms. The van der Waals surface area contributed by atoms with Crippen molar-refractivity contribution in [3.05, 3.63) is 65.7 Å². The van der Waals surface area contributed by atoms with Crippen molar-refractivity contribution in [2.75, 3.05) is 5.32 Å². The van der Waals surface area contributed by atoms with Gasteiger partial charge in [-0.3, -0.25) is 9.59 Å². The second kappa shape index (κ2) is 8.15. The molecule has 2 atom stereocenters. The number of hydrogen-bond acceptors (Lipinski definition) is 3. The number of benzene rings is 2. The average Bonchev–Trinajstić information content (AvgIpc) is 2.58. The van der Waals surface area contributed by atoms with Gasteiger partial charge in [0, 0.05) is 6.42 Å². The molecule has 0 aliphatic carbocycles. The van der Waals surface area contributed by atoms with E-state index in [-0.39, 0.29) is 23.8 Å². The van der Waals surface area contributed by atoms with Crippen LogP contribution in [0.1, 0.15) is 24.8 Å². The molecule has 0 aromatic heterocycles. The Balaban J connectivity index is 2.05. The third kappa shape index (κ3) is 4.70. The molecule has 0 unspecified atom stereocenters. The summed E-state index contributed by atoms with van der Waals surface area (Å²) in [6, 6.07) is 12.8. The van der Waals surface area contributed by atoms with Crippen molar-refractivity contribution in [2.45, 2.75) is 19.3 Å². The Hall–Kier alpha value is -3.07. The summed E-state index contributed by atoms with van der Waals surface area (Å²) in [6.07, 6.45) is -0.0610. The fourth-order valence-corrected chi connectivity index (χ4v) is 2.37. The maximum atomic E-state index is 13.6. The Morgan fingerprint density at radius 3 is 2.36 bits per heavy atom. The van der Waals surface area contributed by atoms with E-state index in [4.69, 9.17) is 5.26 Å². The molecule has 0 spiro atoms. The molecule has 2 aromatic carbocycles. The molecular weight excluding hydrogens is 326 g/mol. The van der Waals surface area contributed by atoms with Gasteiger partial charge in [-0.1, -0.05) is 31.2 Å². The van der Waals surface area contributed by atoms with E-state index < -0.39 is 23.4 Å². The molecular formula is C19H16F2N2O2. The molecule has 0 bridgehead atoms. The van der Waals surface area contributed by atoms with Gasteiger partial charge in [-0.2, -0.15) is 5.26 Å². The third-order valence-corrected chi connectivity index (χ3v) is 3.79. The van der Waals surface area contributed by atoms with E-state index in [1.165, 1.54) is 30.3 Å². The third-order valence-electron chi connectivity index (χ3n) is 3.79. The lowest BCUT2D eigenvalue weighted by Gasteiger charge is -2.14. The number of hydrogen-bond donors (Lipinski definition) is 1. The zero-order chi connectivity index (χ0) is 18.4. The molecule has 0 aliphatic heterocycles. The van der Waals surface area contributed by atoms with Crippen LogP contribution in [0.15, 0.2) is 48.5 Å². The zero-order valence-electron chi connectivity index (χ0n) is 13.5. The number of carbonyl (C=O) groups is 2. The summed E-state index contributed by atoms with van der Waals surface area (Å²) in [7, 11) is 0. The van der Waals surface area contributed by atoms with Crippen molar-refractivity contribution in [1.29, 1.82) is 5.26 Å². The first-order valence-corrected chi connectivity index (χ1v) is 7.65. The highest BCUT2D eigenvalue weighted by Crippen LogP contribution is 2.22. The number of nitriles is 1. The average molecular weight is 342 g/mol.